The summed E-state index contributed by atoms with van der Waals surface area (Å²) in [5.41, 5.74) is 0.879. The first kappa shape index (κ1) is 13.8. The second-order valence-electron chi connectivity index (χ2n) is 5.06. The van der Waals surface area contributed by atoms with Crippen molar-refractivity contribution in [3.63, 3.8) is 0 Å². The molecule has 0 bridgehead atoms. The van der Waals surface area contributed by atoms with Gasteiger partial charge in [0.2, 0.25) is 0 Å². The Morgan fingerprint density at radius 2 is 2.28 bits per heavy atom. The smallest absolute Gasteiger partial charge is 0.142 e. The predicted octanol–water partition coefficient (Wildman–Crippen LogP) is 3.29. The van der Waals surface area contributed by atoms with E-state index in [1.54, 1.807) is 6.07 Å². The highest BCUT2D eigenvalue weighted by Gasteiger charge is 2.25. The highest BCUT2D eigenvalue weighted by atomic mass is 35.5. The van der Waals surface area contributed by atoms with Gasteiger partial charge in [0, 0.05) is 12.6 Å². The number of aliphatic hydroxyl groups excluding tert-OH is 1. The number of hydrogen-bond acceptors (Lipinski definition) is 2. The first-order valence-corrected chi connectivity index (χ1v) is 6.82. The van der Waals surface area contributed by atoms with Crippen LogP contribution in [0.25, 0.3) is 0 Å². The van der Waals surface area contributed by atoms with E-state index < -0.39 is 0 Å². The molecule has 0 aromatic heterocycles. The minimum atomic E-state index is -0.385. The van der Waals surface area contributed by atoms with Crippen LogP contribution in [0.5, 0.6) is 0 Å². The molecule has 1 aromatic rings. The molecular formula is C14H19ClFNO. The van der Waals surface area contributed by atoms with Crippen LogP contribution in [0.1, 0.15) is 37.8 Å². The van der Waals surface area contributed by atoms with E-state index in [0.717, 1.165) is 31.4 Å². The molecule has 0 heterocycles. The molecule has 2 rings (SSSR count). The third-order valence-electron chi connectivity index (χ3n) is 3.75. The van der Waals surface area contributed by atoms with E-state index in [9.17, 15) is 9.50 Å². The molecule has 1 aromatic carbocycles. The standard InChI is InChI=1S/C14H19ClFNO/c1-9(10-5-6-12(15)13(16)7-10)17-8-11-3-2-4-14(11)18/h5-7,9,11,14,17-18H,2-4,8H2,1H3. The SMILES string of the molecule is CC(NCC1CCCC1O)c1ccc(Cl)c(F)c1. The van der Waals surface area contributed by atoms with Gasteiger partial charge in [0.15, 0.2) is 0 Å². The fraction of sp³-hybridized carbons (Fsp3) is 0.571. The highest BCUT2D eigenvalue weighted by molar-refractivity contribution is 6.30. The summed E-state index contributed by atoms with van der Waals surface area (Å²) in [4.78, 5) is 0. The Morgan fingerprint density at radius 3 is 2.89 bits per heavy atom. The highest BCUT2D eigenvalue weighted by Crippen LogP contribution is 2.26. The monoisotopic (exact) mass is 271 g/mol. The van der Waals surface area contributed by atoms with Crippen LogP contribution in [0.2, 0.25) is 5.02 Å². The van der Waals surface area contributed by atoms with E-state index in [1.807, 2.05) is 13.0 Å². The molecule has 2 nitrogen and oxygen atoms in total. The Morgan fingerprint density at radius 1 is 1.50 bits per heavy atom. The summed E-state index contributed by atoms with van der Waals surface area (Å²) in [5, 5.41) is 13.2. The van der Waals surface area contributed by atoms with Gasteiger partial charge in [-0.25, -0.2) is 4.39 Å². The number of halogens is 2. The third-order valence-corrected chi connectivity index (χ3v) is 4.06. The van der Waals surface area contributed by atoms with Gasteiger partial charge in [0.25, 0.3) is 0 Å². The maximum Gasteiger partial charge on any atom is 0.142 e. The van der Waals surface area contributed by atoms with Gasteiger partial charge in [-0.3, -0.25) is 0 Å². The molecule has 3 atom stereocenters. The van der Waals surface area contributed by atoms with Crippen LogP contribution in [0, 0.1) is 11.7 Å². The summed E-state index contributed by atoms with van der Waals surface area (Å²) < 4.78 is 13.3. The van der Waals surface area contributed by atoms with E-state index in [-0.39, 0.29) is 23.0 Å². The van der Waals surface area contributed by atoms with Crippen molar-refractivity contribution in [3.05, 3.63) is 34.6 Å². The molecule has 3 unspecified atom stereocenters. The molecular weight excluding hydrogens is 253 g/mol. The first-order valence-electron chi connectivity index (χ1n) is 6.44. The summed E-state index contributed by atoms with van der Waals surface area (Å²) in [7, 11) is 0. The Balaban J connectivity index is 1.90. The maximum atomic E-state index is 13.3. The summed E-state index contributed by atoms with van der Waals surface area (Å²) >= 11 is 5.66. The third kappa shape index (κ3) is 3.22. The fourth-order valence-corrected chi connectivity index (χ4v) is 2.60. The Kier molecular flexibility index (Phi) is 4.60. The zero-order valence-electron chi connectivity index (χ0n) is 10.5. The maximum absolute atomic E-state index is 13.3. The van der Waals surface area contributed by atoms with Crippen molar-refractivity contribution in [1.82, 2.24) is 5.32 Å². The lowest BCUT2D eigenvalue weighted by atomic mass is 10.0. The number of aliphatic hydroxyl groups is 1. The van der Waals surface area contributed by atoms with Crippen molar-refractivity contribution >= 4 is 11.6 Å². The Labute approximate surface area is 112 Å². The van der Waals surface area contributed by atoms with Gasteiger partial charge in [-0.1, -0.05) is 24.1 Å². The van der Waals surface area contributed by atoms with E-state index in [2.05, 4.69) is 5.32 Å². The molecule has 0 aliphatic heterocycles. The van der Waals surface area contributed by atoms with Crippen molar-refractivity contribution in [2.24, 2.45) is 5.92 Å². The van der Waals surface area contributed by atoms with E-state index >= 15 is 0 Å². The second kappa shape index (κ2) is 6.00. The van der Waals surface area contributed by atoms with Gasteiger partial charge in [0.1, 0.15) is 5.82 Å². The normalized spacial score (nSPS) is 25.3. The van der Waals surface area contributed by atoms with Gasteiger partial charge in [-0.15, -0.1) is 0 Å². The predicted molar refractivity (Wildman–Crippen MR) is 71.2 cm³/mol. The second-order valence-corrected chi connectivity index (χ2v) is 5.47. The van der Waals surface area contributed by atoms with Crippen LogP contribution in [0.3, 0.4) is 0 Å². The molecule has 1 saturated carbocycles. The van der Waals surface area contributed by atoms with E-state index in [1.165, 1.54) is 6.07 Å². The summed E-state index contributed by atoms with van der Waals surface area (Å²) in [6.45, 7) is 2.76. The lowest BCUT2D eigenvalue weighted by molar-refractivity contribution is 0.130. The van der Waals surface area contributed by atoms with Crippen molar-refractivity contribution in [3.8, 4) is 0 Å². The quantitative estimate of drug-likeness (QED) is 0.881. The molecule has 18 heavy (non-hydrogen) atoms. The molecule has 0 amide bonds. The van der Waals surface area contributed by atoms with Crippen LogP contribution in [-0.4, -0.2) is 17.8 Å². The lowest BCUT2D eigenvalue weighted by Crippen LogP contribution is -2.29. The molecule has 1 aliphatic carbocycles. The molecule has 0 spiro atoms. The topological polar surface area (TPSA) is 32.3 Å². The largest absolute Gasteiger partial charge is 0.393 e. The Bertz CT molecular complexity index is 413. The van der Waals surface area contributed by atoms with Crippen LogP contribution < -0.4 is 5.32 Å². The van der Waals surface area contributed by atoms with Gasteiger partial charge in [0.05, 0.1) is 11.1 Å². The minimum absolute atomic E-state index is 0.0598. The zero-order chi connectivity index (χ0) is 13.1. The van der Waals surface area contributed by atoms with Crippen LogP contribution in [0.15, 0.2) is 18.2 Å². The van der Waals surface area contributed by atoms with Crippen molar-refractivity contribution in [2.45, 2.75) is 38.3 Å². The Hall–Kier alpha value is -0.640. The zero-order valence-corrected chi connectivity index (χ0v) is 11.3. The lowest BCUT2D eigenvalue weighted by Gasteiger charge is -2.20. The van der Waals surface area contributed by atoms with Crippen molar-refractivity contribution in [1.29, 1.82) is 0 Å². The van der Waals surface area contributed by atoms with Crippen LogP contribution in [0.4, 0.5) is 4.39 Å². The average molecular weight is 272 g/mol. The average Bonchev–Trinajstić information content (AvgIpc) is 2.75. The first-order chi connectivity index (χ1) is 8.58. The van der Waals surface area contributed by atoms with E-state index in [4.69, 9.17) is 11.6 Å². The van der Waals surface area contributed by atoms with Crippen molar-refractivity contribution < 1.29 is 9.50 Å². The number of hydrogen-bond donors (Lipinski definition) is 2. The van der Waals surface area contributed by atoms with Crippen LogP contribution >= 0.6 is 11.6 Å². The minimum Gasteiger partial charge on any atom is -0.393 e. The molecule has 1 fully saturated rings. The molecule has 100 valence electrons. The molecule has 0 saturated heterocycles. The van der Waals surface area contributed by atoms with Crippen LogP contribution in [-0.2, 0) is 0 Å². The van der Waals surface area contributed by atoms with Gasteiger partial charge in [-0.05, 0) is 43.4 Å². The number of benzene rings is 1. The summed E-state index contributed by atoms with van der Waals surface area (Å²) in [5.74, 6) is -0.0617. The number of rotatable bonds is 4. The molecule has 1 aliphatic rings. The molecule has 4 heteroatoms. The van der Waals surface area contributed by atoms with Gasteiger partial charge in [-0.2, -0.15) is 0 Å². The number of nitrogens with one attached hydrogen (secondary N) is 1. The van der Waals surface area contributed by atoms with Gasteiger partial charge < -0.3 is 10.4 Å². The van der Waals surface area contributed by atoms with E-state index in [0.29, 0.717) is 5.92 Å². The summed E-state index contributed by atoms with van der Waals surface area (Å²) in [6.07, 6.45) is 2.87. The fourth-order valence-electron chi connectivity index (χ4n) is 2.48. The van der Waals surface area contributed by atoms with Crippen molar-refractivity contribution in [2.75, 3.05) is 6.54 Å². The molecule has 0 radical (unpaired) electrons. The van der Waals surface area contributed by atoms with Gasteiger partial charge >= 0.3 is 0 Å². The molecule has 2 N–H and O–H groups in total. The summed E-state index contributed by atoms with van der Waals surface area (Å²) in [6, 6.07) is 4.93.